The molecule has 2 aromatic carbocycles. The molecule has 1 N–H and O–H groups in total. The molecular formula is C24H21NO4S. The van der Waals surface area contributed by atoms with Crippen molar-refractivity contribution in [3.05, 3.63) is 99.7 Å². The van der Waals surface area contributed by atoms with Crippen LogP contribution in [0.4, 0.5) is 0 Å². The predicted octanol–water partition coefficient (Wildman–Crippen LogP) is 5.25. The minimum Gasteiger partial charge on any atom is -0.506 e. The quantitative estimate of drug-likeness (QED) is 0.670. The molecule has 0 spiro atoms. The number of aliphatic hydroxyl groups excluding tert-OH is 1. The standard InChI is InChI=1S/C24H21NO4S/c1-3-29-24(28)20-21(26)19(15-9-13-17-11-5-4-6-12-17)30-23(20)25-22(27)18-14-8-7-10-16(18)2/h4-15,26H,3H2,1-2H3/b13-9+,19-15-,25-23?. The van der Waals surface area contributed by atoms with E-state index in [1.54, 1.807) is 31.2 Å². The van der Waals surface area contributed by atoms with E-state index in [9.17, 15) is 14.7 Å². The van der Waals surface area contributed by atoms with Crippen LogP contribution in [0, 0.1) is 6.92 Å². The van der Waals surface area contributed by atoms with Gasteiger partial charge in [-0.15, -0.1) is 0 Å². The van der Waals surface area contributed by atoms with Crippen LogP contribution in [0.3, 0.4) is 0 Å². The highest BCUT2D eigenvalue weighted by Crippen LogP contribution is 2.38. The second-order valence-electron chi connectivity index (χ2n) is 6.38. The van der Waals surface area contributed by atoms with E-state index in [-0.39, 0.29) is 23.0 Å². The van der Waals surface area contributed by atoms with Gasteiger partial charge in [0.2, 0.25) is 0 Å². The number of amides is 1. The topological polar surface area (TPSA) is 76.0 Å². The van der Waals surface area contributed by atoms with Crippen LogP contribution in [0.25, 0.3) is 6.08 Å². The number of ether oxygens (including phenoxy) is 1. The number of rotatable bonds is 5. The lowest BCUT2D eigenvalue weighted by Crippen LogP contribution is -2.14. The maximum Gasteiger partial charge on any atom is 0.344 e. The zero-order valence-electron chi connectivity index (χ0n) is 16.7. The van der Waals surface area contributed by atoms with Gasteiger partial charge >= 0.3 is 5.97 Å². The van der Waals surface area contributed by atoms with Crippen LogP contribution >= 0.6 is 11.8 Å². The highest BCUT2D eigenvalue weighted by Gasteiger charge is 2.33. The van der Waals surface area contributed by atoms with Gasteiger partial charge in [0.15, 0.2) is 0 Å². The lowest BCUT2D eigenvalue weighted by molar-refractivity contribution is -0.138. The smallest absolute Gasteiger partial charge is 0.344 e. The summed E-state index contributed by atoms with van der Waals surface area (Å²) in [6, 6.07) is 16.7. The van der Waals surface area contributed by atoms with E-state index in [4.69, 9.17) is 4.74 Å². The Hall–Kier alpha value is -3.38. The molecular weight excluding hydrogens is 398 g/mol. The Bertz CT molecular complexity index is 1080. The molecule has 2 aromatic rings. The molecule has 1 aliphatic rings. The van der Waals surface area contributed by atoms with E-state index in [0.29, 0.717) is 10.5 Å². The Morgan fingerprint density at radius 1 is 1.10 bits per heavy atom. The second-order valence-corrected chi connectivity index (χ2v) is 7.41. The summed E-state index contributed by atoms with van der Waals surface area (Å²) < 4.78 is 5.05. The van der Waals surface area contributed by atoms with Gasteiger partial charge in [0.1, 0.15) is 16.4 Å². The molecule has 1 heterocycles. The fourth-order valence-electron chi connectivity index (χ4n) is 2.78. The minimum absolute atomic E-state index is 0.0943. The van der Waals surface area contributed by atoms with Crippen molar-refractivity contribution in [3.63, 3.8) is 0 Å². The summed E-state index contributed by atoms with van der Waals surface area (Å²) in [5.41, 5.74) is 2.12. The van der Waals surface area contributed by atoms with E-state index in [0.717, 1.165) is 22.9 Å². The van der Waals surface area contributed by atoms with Crippen molar-refractivity contribution in [2.75, 3.05) is 6.61 Å². The first-order valence-corrected chi connectivity index (χ1v) is 10.2. The summed E-state index contributed by atoms with van der Waals surface area (Å²) in [6.07, 6.45) is 5.31. The average molecular weight is 420 g/mol. The van der Waals surface area contributed by atoms with Crippen molar-refractivity contribution < 1.29 is 19.4 Å². The van der Waals surface area contributed by atoms with Crippen LogP contribution in [0.1, 0.15) is 28.4 Å². The monoisotopic (exact) mass is 419 g/mol. The number of aliphatic hydroxyl groups is 1. The summed E-state index contributed by atoms with van der Waals surface area (Å²) in [5.74, 6) is -1.44. The molecule has 0 atom stereocenters. The first-order valence-electron chi connectivity index (χ1n) is 9.42. The highest BCUT2D eigenvalue weighted by atomic mass is 32.2. The first-order chi connectivity index (χ1) is 14.5. The van der Waals surface area contributed by atoms with Crippen LogP contribution in [-0.2, 0) is 9.53 Å². The fourth-order valence-corrected chi connectivity index (χ4v) is 3.75. The molecule has 0 radical (unpaired) electrons. The average Bonchev–Trinajstić information content (AvgIpc) is 3.04. The summed E-state index contributed by atoms with van der Waals surface area (Å²) in [4.78, 5) is 29.6. The largest absolute Gasteiger partial charge is 0.506 e. The van der Waals surface area contributed by atoms with Crippen LogP contribution in [0.2, 0.25) is 0 Å². The van der Waals surface area contributed by atoms with Crippen molar-refractivity contribution >= 4 is 34.8 Å². The van der Waals surface area contributed by atoms with Crippen LogP contribution < -0.4 is 0 Å². The molecule has 30 heavy (non-hydrogen) atoms. The summed E-state index contributed by atoms with van der Waals surface area (Å²) in [6.45, 7) is 3.63. The lowest BCUT2D eigenvalue weighted by atomic mass is 10.1. The van der Waals surface area contributed by atoms with Gasteiger partial charge in [0, 0.05) is 5.56 Å². The zero-order valence-corrected chi connectivity index (χ0v) is 17.5. The maximum atomic E-state index is 12.7. The molecule has 6 heteroatoms. The molecule has 0 saturated carbocycles. The van der Waals surface area contributed by atoms with Gasteiger partial charge in [0.25, 0.3) is 5.91 Å². The number of hydrogen-bond acceptors (Lipinski definition) is 5. The number of aryl methyl sites for hydroxylation is 1. The van der Waals surface area contributed by atoms with Crippen molar-refractivity contribution in [1.29, 1.82) is 0 Å². The summed E-state index contributed by atoms with van der Waals surface area (Å²) in [5, 5.41) is 10.7. The third kappa shape index (κ3) is 4.96. The molecule has 1 aliphatic heterocycles. The van der Waals surface area contributed by atoms with E-state index < -0.39 is 11.9 Å². The van der Waals surface area contributed by atoms with Crippen LogP contribution in [0.15, 0.2) is 88.0 Å². The molecule has 0 fully saturated rings. The third-order valence-corrected chi connectivity index (χ3v) is 5.32. The molecule has 1 amide bonds. The molecule has 5 nitrogen and oxygen atoms in total. The van der Waals surface area contributed by atoms with Crippen molar-refractivity contribution in [3.8, 4) is 0 Å². The number of carbonyl (C=O) groups is 2. The van der Waals surface area contributed by atoms with Crippen molar-refractivity contribution in [1.82, 2.24) is 0 Å². The summed E-state index contributed by atoms with van der Waals surface area (Å²) >= 11 is 1.06. The van der Waals surface area contributed by atoms with Gasteiger partial charge < -0.3 is 9.84 Å². The van der Waals surface area contributed by atoms with E-state index >= 15 is 0 Å². The van der Waals surface area contributed by atoms with Crippen molar-refractivity contribution in [2.24, 2.45) is 4.99 Å². The third-order valence-electron chi connectivity index (χ3n) is 4.28. The molecule has 0 aliphatic carbocycles. The van der Waals surface area contributed by atoms with E-state index in [2.05, 4.69) is 4.99 Å². The first kappa shape index (κ1) is 21.3. The Morgan fingerprint density at radius 2 is 1.80 bits per heavy atom. The molecule has 0 unspecified atom stereocenters. The number of thioether (sulfide) groups is 1. The Kier molecular flexibility index (Phi) is 7.03. The minimum atomic E-state index is -0.714. The maximum absolute atomic E-state index is 12.7. The number of hydrogen-bond donors (Lipinski definition) is 1. The number of nitrogens with zero attached hydrogens (tertiary/aromatic N) is 1. The highest BCUT2D eigenvalue weighted by molar-refractivity contribution is 8.18. The second kappa shape index (κ2) is 9.89. The summed E-state index contributed by atoms with van der Waals surface area (Å²) in [7, 11) is 0. The number of carbonyl (C=O) groups excluding carboxylic acids is 2. The van der Waals surface area contributed by atoms with Crippen LogP contribution in [-0.4, -0.2) is 28.6 Å². The van der Waals surface area contributed by atoms with Gasteiger partial charge in [-0.05, 0) is 37.1 Å². The van der Waals surface area contributed by atoms with Gasteiger partial charge in [0.05, 0.1) is 11.5 Å². The number of benzene rings is 2. The molecule has 3 rings (SSSR count). The molecule has 0 aromatic heterocycles. The predicted molar refractivity (Wildman–Crippen MR) is 120 cm³/mol. The van der Waals surface area contributed by atoms with Gasteiger partial charge in [-0.2, -0.15) is 0 Å². The van der Waals surface area contributed by atoms with E-state index in [1.807, 2.05) is 55.5 Å². The number of aliphatic imine (C=N–C) groups is 1. The Labute approximate surface area is 179 Å². The SMILES string of the molecule is CCOC(=O)C1=C(O)/C(=C/C=C/c2ccccc2)SC1=NC(=O)c1ccccc1C. The fraction of sp³-hybridized carbons (Fsp3) is 0.125. The number of allylic oxidation sites excluding steroid dienone is 2. The van der Waals surface area contributed by atoms with E-state index in [1.165, 1.54) is 0 Å². The van der Waals surface area contributed by atoms with Gasteiger partial charge in [-0.1, -0.05) is 72.4 Å². The van der Waals surface area contributed by atoms with Crippen molar-refractivity contribution in [2.45, 2.75) is 13.8 Å². The molecule has 0 bridgehead atoms. The van der Waals surface area contributed by atoms with Crippen LogP contribution in [0.5, 0.6) is 0 Å². The van der Waals surface area contributed by atoms with Gasteiger partial charge in [-0.3, -0.25) is 4.79 Å². The Morgan fingerprint density at radius 3 is 2.50 bits per heavy atom. The zero-order chi connectivity index (χ0) is 21.5. The molecule has 152 valence electrons. The number of esters is 1. The molecule has 0 saturated heterocycles. The lowest BCUT2D eigenvalue weighted by Gasteiger charge is -2.04. The normalized spacial score (nSPS) is 16.6. The Balaban J connectivity index is 1.94. The van der Waals surface area contributed by atoms with Gasteiger partial charge in [-0.25, -0.2) is 9.79 Å².